The van der Waals surface area contributed by atoms with Crippen molar-refractivity contribution in [2.75, 3.05) is 6.54 Å². The molecule has 9 heteroatoms. The van der Waals surface area contributed by atoms with Gasteiger partial charge in [0.25, 0.3) is 0 Å². The van der Waals surface area contributed by atoms with Crippen LogP contribution in [0.4, 0.5) is 18.0 Å². The minimum Gasteiger partial charge on any atom is -0.329 e. The highest BCUT2D eigenvalue weighted by atomic mass is 19.4. The predicted molar refractivity (Wildman–Crippen MR) is 56.7 cm³/mol. The number of nitrogens with one attached hydrogen (secondary N) is 3. The maximum atomic E-state index is 11.9. The van der Waals surface area contributed by atoms with Gasteiger partial charge in [-0.1, -0.05) is 6.92 Å². The molecule has 1 heterocycles. The van der Waals surface area contributed by atoms with Crippen LogP contribution in [-0.2, 0) is 0 Å². The van der Waals surface area contributed by atoms with Crippen LogP contribution in [0.3, 0.4) is 0 Å². The number of alkyl halides is 3. The first kappa shape index (κ1) is 14.3. The van der Waals surface area contributed by atoms with Gasteiger partial charge in [0, 0.05) is 0 Å². The third-order valence-corrected chi connectivity index (χ3v) is 2.09. The number of urea groups is 1. The zero-order valence-electron chi connectivity index (χ0n) is 9.93. The lowest BCUT2D eigenvalue weighted by atomic mass is 10.2. The average Bonchev–Trinajstić information content (AvgIpc) is 2.69. The number of aromatic nitrogens is 3. The molecule has 0 spiro atoms. The highest BCUT2D eigenvalue weighted by Gasteiger charge is 2.28. The van der Waals surface area contributed by atoms with Crippen molar-refractivity contribution in [3.05, 3.63) is 11.6 Å². The minimum absolute atomic E-state index is 0.345. The van der Waals surface area contributed by atoms with E-state index in [1.54, 1.807) is 19.2 Å². The Morgan fingerprint density at radius 2 is 2.17 bits per heavy atom. The number of halogens is 3. The zero-order chi connectivity index (χ0) is 13.8. The Bertz CT molecular complexity index is 403. The Morgan fingerprint density at radius 1 is 1.50 bits per heavy atom. The Hall–Kier alpha value is -1.80. The molecule has 0 bridgehead atoms. The molecular formula is C9H14F3N5O. The van der Waals surface area contributed by atoms with Gasteiger partial charge in [0.15, 0.2) is 5.82 Å². The number of aromatic amines is 1. The van der Waals surface area contributed by atoms with E-state index in [1.165, 1.54) is 0 Å². The Morgan fingerprint density at radius 3 is 2.61 bits per heavy atom. The van der Waals surface area contributed by atoms with E-state index in [2.05, 4.69) is 20.5 Å². The van der Waals surface area contributed by atoms with Gasteiger partial charge in [-0.05, 0) is 13.3 Å². The number of nitrogens with zero attached hydrogens (tertiary/aromatic N) is 2. The largest absolute Gasteiger partial charge is 0.405 e. The highest BCUT2D eigenvalue weighted by molar-refractivity contribution is 5.74. The molecule has 0 aliphatic carbocycles. The molecular weight excluding hydrogens is 251 g/mol. The second kappa shape index (κ2) is 5.69. The molecule has 0 fully saturated rings. The molecule has 1 unspecified atom stereocenters. The summed E-state index contributed by atoms with van der Waals surface area (Å²) in [7, 11) is 0. The maximum Gasteiger partial charge on any atom is 0.405 e. The van der Waals surface area contributed by atoms with Gasteiger partial charge >= 0.3 is 12.2 Å². The number of amides is 2. The van der Waals surface area contributed by atoms with Crippen molar-refractivity contribution in [3.8, 4) is 0 Å². The van der Waals surface area contributed by atoms with Crippen LogP contribution in [0.25, 0.3) is 0 Å². The lowest BCUT2D eigenvalue weighted by molar-refractivity contribution is -0.122. The zero-order valence-corrected chi connectivity index (χ0v) is 9.93. The summed E-state index contributed by atoms with van der Waals surface area (Å²) >= 11 is 0. The van der Waals surface area contributed by atoms with Gasteiger partial charge in [0.2, 0.25) is 0 Å². The fourth-order valence-electron chi connectivity index (χ4n) is 1.25. The van der Waals surface area contributed by atoms with Crippen molar-refractivity contribution in [1.29, 1.82) is 0 Å². The summed E-state index contributed by atoms with van der Waals surface area (Å²) in [5, 5.41) is 10.5. The van der Waals surface area contributed by atoms with Crippen molar-refractivity contribution in [3.63, 3.8) is 0 Å². The maximum absolute atomic E-state index is 11.9. The van der Waals surface area contributed by atoms with Crippen LogP contribution in [0, 0.1) is 6.92 Å². The standard InChI is InChI=1S/C9H14F3N5O/c1-3-6(7-14-5(2)16-17-7)15-8(18)13-4-9(10,11)12/h6H,3-4H2,1-2H3,(H2,13,15,18)(H,14,16,17). The summed E-state index contributed by atoms with van der Waals surface area (Å²) < 4.78 is 35.7. The predicted octanol–water partition coefficient (Wildman–Crippen LogP) is 1.43. The lowest BCUT2D eigenvalue weighted by Crippen LogP contribution is -2.42. The van der Waals surface area contributed by atoms with E-state index in [1.807, 2.05) is 0 Å². The van der Waals surface area contributed by atoms with Crippen molar-refractivity contribution < 1.29 is 18.0 Å². The molecule has 1 atom stereocenters. The molecule has 0 saturated heterocycles. The quantitative estimate of drug-likeness (QED) is 0.770. The molecule has 0 saturated carbocycles. The molecule has 2 amide bonds. The van der Waals surface area contributed by atoms with Crippen molar-refractivity contribution >= 4 is 6.03 Å². The van der Waals surface area contributed by atoms with Gasteiger partial charge in [-0.25, -0.2) is 9.78 Å². The third-order valence-electron chi connectivity index (χ3n) is 2.09. The first-order valence-corrected chi connectivity index (χ1v) is 5.32. The van der Waals surface area contributed by atoms with Gasteiger partial charge in [-0.15, -0.1) is 0 Å². The summed E-state index contributed by atoms with van der Waals surface area (Å²) in [4.78, 5) is 15.3. The minimum atomic E-state index is -4.43. The first-order valence-electron chi connectivity index (χ1n) is 5.32. The fourth-order valence-corrected chi connectivity index (χ4v) is 1.25. The van der Waals surface area contributed by atoms with Gasteiger partial charge in [-0.3, -0.25) is 5.10 Å². The summed E-state index contributed by atoms with van der Waals surface area (Å²) in [5.74, 6) is 0.915. The normalized spacial score (nSPS) is 13.2. The number of carbonyl (C=O) groups is 1. The van der Waals surface area contributed by atoms with Crippen LogP contribution in [0.5, 0.6) is 0 Å². The molecule has 1 rings (SSSR count). The van der Waals surface area contributed by atoms with Crippen LogP contribution < -0.4 is 10.6 Å². The first-order chi connectivity index (χ1) is 8.31. The molecule has 18 heavy (non-hydrogen) atoms. The number of aryl methyl sites for hydroxylation is 1. The van der Waals surface area contributed by atoms with E-state index in [9.17, 15) is 18.0 Å². The van der Waals surface area contributed by atoms with Crippen LogP contribution in [-0.4, -0.2) is 33.9 Å². The monoisotopic (exact) mass is 265 g/mol. The Labute approximate surface area is 101 Å². The summed E-state index contributed by atoms with van der Waals surface area (Å²) in [5.41, 5.74) is 0. The second-order valence-electron chi connectivity index (χ2n) is 3.68. The molecule has 102 valence electrons. The second-order valence-corrected chi connectivity index (χ2v) is 3.68. The van der Waals surface area contributed by atoms with Gasteiger partial charge in [0.1, 0.15) is 12.4 Å². The number of carbonyl (C=O) groups excluding carboxylic acids is 1. The fraction of sp³-hybridized carbons (Fsp3) is 0.667. The van der Waals surface area contributed by atoms with Crippen LogP contribution in [0.15, 0.2) is 0 Å². The third kappa shape index (κ3) is 4.60. The average molecular weight is 265 g/mol. The highest BCUT2D eigenvalue weighted by Crippen LogP contribution is 2.13. The molecule has 3 N–H and O–H groups in total. The van der Waals surface area contributed by atoms with Gasteiger partial charge in [0.05, 0.1) is 6.04 Å². The van der Waals surface area contributed by atoms with Crippen LogP contribution in [0.1, 0.15) is 31.0 Å². The van der Waals surface area contributed by atoms with Crippen molar-refractivity contribution in [2.45, 2.75) is 32.5 Å². The van der Waals surface area contributed by atoms with Crippen molar-refractivity contribution in [1.82, 2.24) is 25.8 Å². The SMILES string of the molecule is CCC(NC(=O)NCC(F)(F)F)c1n[nH]c(C)n1. The molecule has 1 aromatic rings. The number of hydrogen-bond acceptors (Lipinski definition) is 3. The number of hydrogen-bond donors (Lipinski definition) is 3. The molecule has 0 aliphatic rings. The van der Waals surface area contributed by atoms with E-state index in [4.69, 9.17) is 0 Å². The van der Waals surface area contributed by atoms with E-state index >= 15 is 0 Å². The van der Waals surface area contributed by atoms with E-state index < -0.39 is 24.8 Å². The molecule has 0 radical (unpaired) electrons. The van der Waals surface area contributed by atoms with Crippen LogP contribution in [0.2, 0.25) is 0 Å². The van der Waals surface area contributed by atoms with E-state index in [0.29, 0.717) is 18.1 Å². The number of rotatable bonds is 4. The molecule has 1 aromatic heterocycles. The summed E-state index contributed by atoms with van der Waals surface area (Å²) in [6, 6.07) is -1.43. The summed E-state index contributed by atoms with van der Waals surface area (Å²) in [6.45, 7) is 2.08. The van der Waals surface area contributed by atoms with Crippen molar-refractivity contribution in [2.24, 2.45) is 0 Å². The molecule has 0 aliphatic heterocycles. The smallest absolute Gasteiger partial charge is 0.329 e. The van der Waals surface area contributed by atoms with E-state index in [-0.39, 0.29) is 0 Å². The lowest BCUT2D eigenvalue weighted by Gasteiger charge is -2.15. The summed E-state index contributed by atoms with van der Waals surface area (Å²) in [6.07, 6.45) is -3.96. The Kier molecular flexibility index (Phi) is 4.51. The molecule has 0 aromatic carbocycles. The number of H-pyrrole nitrogens is 1. The molecule has 6 nitrogen and oxygen atoms in total. The van der Waals surface area contributed by atoms with E-state index in [0.717, 1.165) is 0 Å². The van der Waals surface area contributed by atoms with Crippen LogP contribution >= 0.6 is 0 Å². The van der Waals surface area contributed by atoms with Gasteiger partial charge in [-0.2, -0.15) is 18.3 Å². The topological polar surface area (TPSA) is 82.7 Å². The van der Waals surface area contributed by atoms with Gasteiger partial charge < -0.3 is 10.6 Å². The Balaban J connectivity index is 2.51.